The van der Waals surface area contributed by atoms with E-state index in [4.69, 9.17) is 0 Å². The van der Waals surface area contributed by atoms with Crippen LogP contribution in [0, 0.1) is 6.92 Å². The zero-order valence-corrected chi connectivity index (χ0v) is 13.5. The number of carbonyl (C=O) groups excluding carboxylic acids is 1. The first-order chi connectivity index (χ1) is 11.6. The van der Waals surface area contributed by atoms with E-state index in [1.807, 2.05) is 36.4 Å². The molecule has 0 saturated heterocycles. The van der Waals surface area contributed by atoms with E-state index in [-0.39, 0.29) is 18.0 Å². The Kier molecular flexibility index (Phi) is 4.70. The van der Waals surface area contributed by atoms with Gasteiger partial charge in [0.25, 0.3) is 5.56 Å². The third-order valence-corrected chi connectivity index (χ3v) is 3.93. The van der Waals surface area contributed by atoms with E-state index in [0.717, 1.165) is 6.42 Å². The summed E-state index contributed by atoms with van der Waals surface area (Å²) < 4.78 is 1.42. The molecule has 24 heavy (non-hydrogen) atoms. The van der Waals surface area contributed by atoms with Gasteiger partial charge in [0.05, 0.1) is 10.9 Å². The Morgan fingerprint density at radius 1 is 1.08 bits per heavy atom. The highest BCUT2D eigenvalue weighted by molar-refractivity contribution is 5.79. The number of para-hydroxylation sites is 1. The molecule has 3 rings (SSSR count). The van der Waals surface area contributed by atoms with Gasteiger partial charge in [-0.1, -0.05) is 42.5 Å². The van der Waals surface area contributed by atoms with Gasteiger partial charge in [-0.15, -0.1) is 0 Å². The predicted octanol–water partition coefficient (Wildman–Crippen LogP) is 2.06. The Balaban J connectivity index is 1.68. The summed E-state index contributed by atoms with van der Waals surface area (Å²) in [4.78, 5) is 29.1. The summed E-state index contributed by atoms with van der Waals surface area (Å²) in [7, 11) is 0. The number of benzene rings is 2. The molecule has 0 aliphatic carbocycles. The van der Waals surface area contributed by atoms with Gasteiger partial charge >= 0.3 is 0 Å². The quantitative estimate of drug-likeness (QED) is 0.782. The lowest BCUT2D eigenvalue weighted by Crippen LogP contribution is -2.34. The van der Waals surface area contributed by atoms with Crippen molar-refractivity contribution in [2.45, 2.75) is 19.9 Å². The summed E-state index contributed by atoms with van der Waals surface area (Å²) >= 11 is 0. The van der Waals surface area contributed by atoms with Gasteiger partial charge in [0, 0.05) is 6.54 Å². The molecule has 122 valence electrons. The second-order valence-corrected chi connectivity index (χ2v) is 5.65. The molecule has 0 radical (unpaired) electrons. The molecular formula is C19H19N3O2. The molecule has 5 nitrogen and oxygen atoms in total. The SMILES string of the molecule is Cc1nc2ccccc2c(=O)n1CC(=O)NCCc1ccccc1. The van der Waals surface area contributed by atoms with E-state index in [1.54, 1.807) is 25.1 Å². The fraction of sp³-hybridized carbons (Fsp3) is 0.211. The van der Waals surface area contributed by atoms with E-state index >= 15 is 0 Å². The lowest BCUT2D eigenvalue weighted by atomic mass is 10.1. The molecule has 0 aliphatic heterocycles. The second-order valence-electron chi connectivity index (χ2n) is 5.65. The van der Waals surface area contributed by atoms with Gasteiger partial charge in [-0.25, -0.2) is 4.98 Å². The maximum absolute atomic E-state index is 12.5. The zero-order valence-electron chi connectivity index (χ0n) is 13.5. The Labute approximate surface area is 140 Å². The molecule has 1 heterocycles. The number of nitrogens with one attached hydrogen (secondary N) is 1. The van der Waals surface area contributed by atoms with Crippen molar-refractivity contribution in [3.8, 4) is 0 Å². The molecule has 5 heteroatoms. The average molecular weight is 321 g/mol. The fourth-order valence-electron chi connectivity index (χ4n) is 2.66. The van der Waals surface area contributed by atoms with E-state index in [0.29, 0.717) is 23.3 Å². The van der Waals surface area contributed by atoms with Crippen molar-refractivity contribution in [3.05, 3.63) is 76.3 Å². The number of carbonyl (C=O) groups is 1. The monoisotopic (exact) mass is 321 g/mol. The molecule has 0 saturated carbocycles. The number of rotatable bonds is 5. The van der Waals surface area contributed by atoms with Crippen LogP contribution in [0.1, 0.15) is 11.4 Å². The molecule has 0 spiro atoms. The molecule has 0 fully saturated rings. The van der Waals surface area contributed by atoms with Crippen molar-refractivity contribution in [1.82, 2.24) is 14.9 Å². The van der Waals surface area contributed by atoms with Crippen LogP contribution in [0.3, 0.4) is 0 Å². The van der Waals surface area contributed by atoms with Crippen molar-refractivity contribution in [2.75, 3.05) is 6.54 Å². The van der Waals surface area contributed by atoms with Gasteiger partial charge in [-0.3, -0.25) is 14.2 Å². The molecule has 1 amide bonds. The third-order valence-electron chi connectivity index (χ3n) is 3.93. The lowest BCUT2D eigenvalue weighted by molar-refractivity contribution is -0.121. The number of aromatic nitrogens is 2. The standard InChI is InChI=1S/C19H19N3O2/c1-14-21-17-10-6-5-9-16(17)19(24)22(14)13-18(23)20-12-11-15-7-3-2-4-8-15/h2-10H,11-13H2,1H3,(H,20,23). The summed E-state index contributed by atoms with van der Waals surface area (Å²) in [6.07, 6.45) is 0.760. The van der Waals surface area contributed by atoms with Gasteiger partial charge in [0.2, 0.25) is 5.91 Å². The topological polar surface area (TPSA) is 64.0 Å². The predicted molar refractivity (Wildman–Crippen MR) is 93.9 cm³/mol. The smallest absolute Gasteiger partial charge is 0.261 e. The fourth-order valence-corrected chi connectivity index (χ4v) is 2.66. The first-order valence-corrected chi connectivity index (χ1v) is 7.92. The summed E-state index contributed by atoms with van der Waals surface area (Å²) in [5.74, 6) is 0.352. The van der Waals surface area contributed by atoms with Crippen molar-refractivity contribution in [1.29, 1.82) is 0 Å². The lowest BCUT2D eigenvalue weighted by Gasteiger charge is -2.11. The van der Waals surface area contributed by atoms with E-state index in [2.05, 4.69) is 10.3 Å². The highest BCUT2D eigenvalue weighted by atomic mass is 16.2. The molecule has 3 aromatic rings. The normalized spacial score (nSPS) is 10.7. The maximum atomic E-state index is 12.5. The van der Waals surface area contributed by atoms with Gasteiger partial charge in [0.15, 0.2) is 0 Å². The van der Waals surface area contributed by atoms with Gasteiger partial charge in [-0.05, 0) is 31.0 Å². The Bertz CT molecular complexity index is 917. The summed E-state index contributed by atoms with van der Waals surface area (Å²) in [5, 5.41) is 3.38. The minimum Gasteiger partial charge on any atom is -0.354 e. The zero-order chi connectivity index (χ0) is 16.9. The molecule has 1 N–H and O–H groups in total. The molecule has 1 aromatic heterocycles. The largest absolute Gasteiger partial charge is 0.354 e. The maximum Gasteiger partial charge on any atom is 0.261 e. The molecule has 0 bridgehead atoms. The van der Waals surface area contributed by atoms with Crippen LogP contribution in [-0.2, 0) is 17.8 Å². The second kappa shape index (κ2) is 7.08. The molecule has 0 aliphatic rings. The number of nitrogens with zero attached hydrogens (tertiary/aromatic N) is 2. The Hall–Kier alpha value is -2.95. The van der Waals surface area contributed by atoms with Crippen LogP contribution >= 0.6 is 0 Å². The average Bonchev–Trinajstić information content (AvgIpc) is 2.59. The summed E-state index contributed by atoms with van der Waals surface area (Å²) in [5.41, 5.74) is 1.63. The van der Waals surface area contributed by atoms with E-state index in [1.165, 1.54) is 10.1 Å². The van der Waals surface area contributed by atoms with Crippen molar-refractivity contribution < 1.29 is 4.79 Å². The van der Waals surface area contributed by atoms with E-state index < -0.39 is 0 Å². The van der Waals surface area contributed by atoms with Crippen molar-refractivity contribution in [2.24, 2.45) is 0 Å². The van der Waals surface area contributed by atoms with Crippen molar-refractivity contribution in [3.63, 3.8) is 0 Å². The van der Waals surface area contributed by atoms with Gasteiger partial charge in [-0.2, -0.15) is 0 Å². The number of aryl methyl sites for hydroxylation is 1. The van der Waals surface area contributed by atoms with Crippen LogP contribution in [0.25, 0.3) is 10.9 Å². The summed E-state index contributed by atoms with van der Waals surface area (Å²) in [6.45, 7) is 2.26. The van der Waals surface area contributed by atoms with E-state index in [9.17, 15) is 9.59 Å². The minimum atomic E-state index is -0.187. The minimum absolute atomic E-state index is 0.0166. The Morgan fingerprint density at radius 2 is 1.79 bits per heavy atom. The number of hydrogen-bond acceptors (Lipinski definition) is 3. The van der Waals surface area contributed by atoms with Gasteiger partial charge < -0.3 is 5.32 Å². The third kappa shape index (κ3) is 3.51. The van der Waals surface area contributed by atoms with Crippen LogP contribution in [0.2, 0.25) is 0 Å². The molecule has 0 atom stereocenters. The van der Waals surface area contributed by atoms with Gasteiger partial charge in [0.1, 0.15) is 12.4 Å². The number of hydrogen-bond donors (Lipinski definition) is 1. The van der Waals surface area contributed by atoms with Crippen LogP contribution < -0.4 is 10.9 Å². The molecule has 0 unspecified atom stereocenters. The number of fused-ring (bicyclic) bond motifs is 1. The first kappa shape index (κ1) is 15.9. The van der Waals surface area contributed by atoms with Crippen molar-refractivity contribution >= 4 is 16.8 Å². The van der Waals surface area contributed by atoms with Crippen LogP contribution in [0.4, 0.5) is 0 Å². The van der Waals surface area contributed by atoms with Crippen LogP contribution in [0.5, 0.6) is 0 Å². The number of amides is 1. The molecule has 2 aromatic carbocycles. The first-order valence-electron chi connectivity index (χ1n) is 7.92. The van der Waals surface area contributed by atoms with Crippen LogP contribution in [0.15, 0.2) is 59.4 Å². The molecular weight excluding hydrogens is 302 g/mol. The van der Waals surface area contributed by atoms with Crippen LogP contribution in [-0.4, -0.2) is 22.0 Å². The summed E-state index contributed by atoms with van der Waals surface area (Å²) in [6, 6.07) is 17.1. The highest BCUT2D eigenvalue weighted by Crippen LogP contribution is 2.07. The highest BCUT2D eigenvalue weighted by Gasteiger charge is 2.11. The Morgan fingerprint density at radius 3 is 2.58 bits per heavy atom.